The molecule has 78 valence electrons. The lowest BCUT2D eigenvalue weighted by molar-refractivity contribution is 0.519. The van der Waals surface area contributed by atoms with Crippen LogP contribution in [0, 0.1) is 11.6 Å². The summed E-state index contributed by atoms with van der Waals surface area (Å²) in [5, 5.41) is 7.10. The summed E-state index contributed by atoms with van der Waals surface area (Å²) in [5.74, 6) is -1.08. The summed E-state index contributed by atoms with van der Waals surface area (Å²) in [6.45, 7) is 0. The lowest BCUT2D eigenvalue weighted by Gasteiger charge is -1.96. The van der Waals surface area contributed by atoms with Crippen LogP contribution in [0.15, 0.2) is 22.6 Å². The van der Waals surface area contributed by atoms with Gasteiger partial charge < -0.3 is 4.42 Å². The summed E-state index contributed by atoms with van der Waals surface area (Å²) in [6, 6.07) is 2.99. The number of halogens is 3. The zero-order chi connectivity index (χ0) is 10.8. The smallest absolute Gasteiger partial charge is 0.250 e. The van der Waals surface area contributed by atoms with Crippen molar-refractivity contribution >= 4 is 11.6 Å². The van der Waals surface area contributed by atoms with E-state index in [-0.39, 0.29) is 23.2 Å². The van der Waals surface area contributed by atoms with Crippen molar-refractivity contribution in [2.75, 3.05) is 0 Å². The third kappa shape index (κ3) is 1.97. The largest absolute Gasteiger partial charge is 0.419 e. The number of nitrogens with zero attached hydrogens (tertiary/aromatic N) is 2. The first-order valence-electron chi connectivity index (χ1n) is 4.04. The van der Waals surface area contributed by atoms with E-state index in [1.165, 1.54) is 0 Å². The molecule has 0 aliphatic heterocycles. The van der Waals surface area contributed by atoms with Gasteiger partial charge in [-0.15, -0.1) is 21.8 Å². The Balaban J connectivity index is 2.48. The van der Waals surface area contributed by atoms with Crippen LogP contribution in [0.5, 0.6) is 0 Å². The Bertz CT molecular complexity index is 487. The molecular formula is C9H5ClF2N2O. The maximum absolute atomic E-state index is 13.2. The molecule has 0 saturated heterocycles. The van der Waals surface area contributed by atoms with Gasteiger partial charge in [-0.2, -0.15) is 0 Å². The molecule has 0 N–H and O–H groups in total. The van der Waals surface area contributed by atoms with Crippen LogP contribution in [0.4, 0.5) is 8.78 Å². The molecule has 15 heavy (non-hydrogen) atoms. The molecule has 3 nitrogen and oxygen atoms in total. The third-order valence-corrected chi connectivity index (χ3v) is 1.97. The molecule has 1 heterocycles. The number of rotatable bonds is 2. The molecule has 0 fully saturated rings. The van der Waals surface area contributed by atoms with Crippen molar-refractivity contribution in [3.63, 3.8) is 0 Å². The van der Waals surface area contributed by atoms with E-state index in [2.05, 4.69) is 10.2 Å². The zero-order valence-corrected chi connectivity index (χ0v) is 8.13. The Labute approximate surface area is 88.7 Å². The average molecular weight is 231 g/mol. The van der Waals surface area contributed by atoms with Crippen molar-refractivity contribution in [3.8, 4) is 11.5 Å². The van der Waals surface area contributed by atoms with Gasteiger partial charge in [-0.3, -0.25) is 0 Å². The van der Waals surface area contributed by atoms with Gasteiger partial charge in [0.25, 0.3) is 5.89 Å². The number of benzene rings is 1. The van der Waals surface area contributed by atoms with Gasteiger partial charge in [-0.1, -0.05) is 0 Å². The fraction of sp³-hybridized carbons (Fsp3) is 0.111. The van der Waals surface area contributed by atoms with Crippen LogP contribution < -0.4 is 0 Å². The Morgan fingerprint density at radius 2 is 2.07 bits per heavy atom. The highest BCUT2D eigenvalue weighted by atomic mass is 35.5. The average Bonchev–Trinajstić information content (AvgIpc) is 2.70. The second-order valence-electron chi connectivity index (χ2n) is 2.76. The van der Waals surface area contributed by atoms with Gasteiger partial charge in [0.2, 0.25) is 5.89 Å². The molecule has 0 aliphatic rings. The normalized spacial score (nSPS) is 10.6. The summed E-state index contributed by atoms with van der Waals surface area (Å²) < 4.78 is 31.1. The van der Waals surface area contributed by atoms with Crippen molar-refractivity contribution in [1.29, 1.82) is 0 Å². The molecule has 0 radical (unpaired) electrons. The summed E-state index contributed by atoms with van der Waals surface area (Å²) in [6.07, 6.45) is 0. The fourth-order valence-corrected chi connectivity index (χ4v) is 1.19. The predicted molar refractivity (Wildman–Crippen MR) is 49.2 cm³/mol. The summed E-state index contributed by atoms with van der Waals surface area (Å²) in [7, 11) is 0. The van der Waals surface area contributed by atoms with Crippen LogP contribution in [0.2, 0.25) is 0 Å². The van der Waals surface area contributed by atoms with Crippen LogP contribution in [-0.2, 0) is 5.88 Å². The highest BCUT2D eigenvalue weighted by Crippen LogP contribution is 2.22. The maximum atomic E-state index is 13.2. The molecule has 1 aromatic carbocycles. The monoisotopic (exact) mass is 230 g/mol. The summed E-state index contributed by atoms with van der Waals surface area (Å²) in [4.78, 5) is 0. The number of hydrogen-bond acceptors (Lipinski definition) is 3. The van der Waals surface area contributed by atoms with Gasteiger partial charge in [0.15, 0.2) is 0 Å². The quantitative estimate of drug-likeness (QED) is 0.745. The first-order valence-corrected chi connectivity index (χ1v) is 4.58. The molecule has 0 saturated carbocycles. The van der Waals surface area contributed by atoms with Crippen LogP contribution in [-0.4, -0.2) is 10.2 Å². The van der Waals surface area contributed by atoms with Gasteiger partial charge in [-0.05, 0) is 18.2 Å². The van der Waals surface area contributed by atoms with Gasteiger partial charge in [0.1, 0.15) is 17.5 Å². The Kier molecular flexibility index (Phi) is 2.64. The summed E-state index contributed by atoms with van der Waals surface area (Å²) in [5.41, 5.74) is -0.0705. The molecule has 0 bridgehead atoms. The van der Waals surface area contributed by atoms with Gasteiger partial charge >= 0.3 is 0 Å². The first-order chi connectivity index (χ1) is 7.20. The highest BCUT2D eigenvalue weighted by molar-refractivity contribution is 6.16. The van der Waals surface area contributed by atoms with E-state index in [9.17, 15) is 8.78 Å². The van der Waals surface area contributed by atoms with E-state index in [0.29, 0.717) is 0 Å². The minimum Gasteiger partial charge on any atom is -0.419 e. The maximum Gasteiger partial charge on any atom is 0.250 e. The van der Waals surface area contributed by atoms with Crippen LogP contribution in [0.25, 0.3) is 11.5 Å². The van der Waals surface area contributed by atoms with Gasteiger partial charge in [0, 0.05) is 0 Å². The van der Waals surface area contributed by atoms with Gasteiger partial charge in [0.05, 0.1) is 5.56 Å². The fourth-order valence-electron chi connectivity index (χ4n) is 1.08. The van der Waals surface area contributed by atoms with Gasteiger partial charge in [-0.25, -0.2) is 8.78 Å². The lowest BCUT2D eigenvalue weighted by atomic mass is 10.2. The van der Waals surface area contributed by atoms with Crippen molar-refractivity contribution in [1.82, 2.24) is 10.2 Å². The van der Waals surface area contributed by atoms with E-state index < -0.39 is 11.6 Å². The molecule has 0 amide bonds. The van der Waals surface area contributed by atoms with Crippen molar-refractivity contribution < 1.29 is 13.2 Å². The molecular weight excluding hydrogens is 226 g/mol. The van der Waals surface area contributed by atoms with Crippen molar-refractivity contribution in [2.24, 2.45) is 0 Å². The number of hydrogen-bond donors (Lipinski definition) is 0. The molecule has 6 heteroatoms. The molecule has 1 aromatic heterocycles. The second kappa shape index (κ2) is 3.94. The van der Waals surface area contributed by atoms with E-state index in [4.69, 9.17) is 16.0 Å². The van der Waals surface area contributed by atoms with E-state index in [1.807, 2.05) is 0 Å². The topological polar surface area (TPSA) is 38.9 Å². The van der Waals surface area contributed by atoms with Crippen LogP contribution >= 0.6 is 11.6 Å². The minimum absolute atomic E-state index is 0.0317. The number of aromatic nitrogens is 2. The molecule has 0 spiro atoms. The molecule has 2 aromatic rings. The van der Waals surface area contributed by atoms with Crippen molar-refractivity contribution in [2.45, 2.75) is 5.88 Å². The zero-order valence-electron chi connectivity index (χ0n) is 7.38. The first kappa shape index (κ1) is 10.0. The standard InChI is InChI=1S/C9H5ClF2N2O/c10-4-8-13-14-9(15-8)6-3-5(11)1-2-7(6)12/h1-3H,4H2. The third-order valence-electron chi connectivity index (χ3n) is 1.74. The lowest BCUT2D eigenvalue weighted by Crippen LogP contribution is -1.86. The number of alkyl halides is 1. The molecule has 0 aliphatic carbocycles. The van der Waals surface area contributed by atoms with Crippen LogP contribution in [0.1, 0.15) is 5.89 Å². The van der Waals surface area contributed by atoms with E-state index >= 15 is 0 Å². The highest BCUT2D eigenvalue weighted by Gasteiger charge is 2.13. The molecule has 2 rings (SSSR count). The van der Waals surface area contributed by atoms with E-state index in [1.54, 1.807) is 0 Å². The Hall–Kier alpha value is -1.49. The Morgan fingerprint density at radius 3 is 2.73 bits per heavy atom. The van der Waals surface area contributed by atoms with Crippen LogP contribution in [0.3, 0.4) is 0 Å². The van der Waals surface area contributed by atoms with E-state index in [0.717, 1.165) is 18.2 Å². The van der Waals surface area contributed by atoms with Crippen molar-refractivity contribution in [3.05, 3.63) is 35.7 Å². The second-order valence-corrected chi connectivity index (χ2v) is 3.03. The predicted octanol–water partition coefficient (Wildman–Crippen LogP) is 2.75. The minimum atomic E-state index is -0.624. The Morgan fingerprint density at radius 1 is 1.27 bits per heavy atom. The molecule has 0 unspecified atom stereocenters. The SMILES string of the molecule is Fc1ccc(F)c(-c2nnc(CCl)o2)c1. The summed E-state index contributed by atoms with van der Waals surface area (Å²) >= 11 is 5.43. The molecule has 0 atom stereocenters.